The molecule has 5 heteroatoms. The summed E-state index contributed by atoms with van der Waals surface area (Å²) in [7, 11) is 0. The molecule has 17 heavy (non-hydrogen) atoms. The second-order valence-electron chi connectivity index (χ2n) is 3.29. The minimum absolute atomic E-state index is 0.351. The molecule has 0 spiro atoms. The molecule has 1 aromatic carbocycles. The molecule has 0 aliphatic rings. The summed E-state index contributed by atoms with van der Waals surface area (Å²) in [5, 5.41) is 3.38. The van der Waals surface area contributed by atoms with Crippen LogP contribution < -0.4 is 10.1 Å². The molecule has 0 amide bonds. The Morgan fingerprint density at radius 1 is 1.29 bits per heavy atom. The van der Waals surface area contributed by atoms with Crippen LogP contribution in [0.4, 0.5) is 5.95 Å². The Morgan fingerprint density at radius 3 is 2.76 bits per heavy atom. The number of halogens is 1. The predicted molar refractivity (Wildman–Crippen MR) is 67.7 cm³/mol. The van der Waals surface area contributed by atoms with E-state index in [1.807, 2.05) is 37.3 Å². The normalized spacial score (nSPS) is 10.0. The Labute approximate surface area is 105 Å². The van der Waals surface area contributed by atoms with Crippen LogP contribution in [0.15, 0.2) is 36.5 Å². The van der Waals surface area contributed by atoms with Crippen LogP contribution in [0.2, 0.25) is 5.02 Å². The summed E-state index contributed by atoms with van der Waals surface area (Å²) in [6.45, 7) is 2.71. The predicted octanol–water partition coefficient (Wildman–Crippen LogP) is 3.35. The van der Waals surface area contributed by atoms with E-state index in [1.165, 1.54) is 6.20 Å². The van der Waals surface area contributed by atoms with Crippen molar-refractivity contribution in [2.45, 2.75) is 6.92 Å². The Bertz CT molecular complexity index is 490. The van der Waals surface area contributed by atoms with E-state index in [4.69, 9.17) is 16.3 Å². The van der Waals surface area contributed by atoms with Crippen LogP contribution in [-0.2, 0) is 0 Å². The quantitative estimate of drug-likeness (QED) is 0.903. The second kappa shape index (κ2) is 5.50. The van der Waals surface area contributed by atoms with Crippen LogP contribution >= 0.6 is 11.6 Å². The summed E-state index contributed by atoms with van der Waals surface area (Å²) < 4.78 is 5.57. The third-order valence-corrected chi connectivity index (χ3v) is 2.26. The van der Waals surface area contributed by atoms with Crippen molar-refractivity contribution in [1.82, 2.24) is 9.97 Å². The first-order chi connectivity index (χ1) is 8.29. The van der Waals surface area contributed by atoms with Gasteiger partial charge in [-0.3, -0.25) is 0 Å². The van der Waals surface area contributed by atoms with Gasteiger partial charge < -0.3 is 10.1 Å². The van der Waals surface area contributed by atoms with Gasteiger partial charge in [-0.05, 0) is 19.1 Å². The summed E-state index contributed by atoms with van der Waals surface area (Å²) in [6.07, 6.45) is 1.52. The van der Waals surface area contributed by atoms with Gasteiger partial charge in [-0.15, -0.1) is 0 Å². The van der Waals surface area contributed by atoms with Crippen LogP contribution in [-0.4, -0.2) is 16.5 Å². The number of hydrogen-bond acceptors (Lipinski definition) is 4. The monoisotopic (exact) mass is 249 g/mol. The van der Waals surface area contributed by atoms with Gasteiger partial charge in [-0.25, -0.2) is 4.98 Å². The molecular weight excluding hydrogens is 238 g/mol. The van der Waals surface area contributed by atoms with Crippen LogP contribution in [0.25, 0.3) is 0 Å². The van der Waals surface area contributed by atoms with Gasteiger partial charge in [-0.2, -0.15) is 4.98 Å². The number of para-hydroxylation sites is 1. The standard InChI is InChI=1S/C12H12ClN3O/c1-2-14-12-15-8-10(13)11(16-12)17-9-6-4-3-5-7-9/h3-8H,2H2,1H3,(H,14,15,16). The van der Waals surface area contributed by atoms with Crippen LogP contribution in [0.1, 0.15) is 6.92 Å². The number of ether oxygens (including phenoxy) is 1. The molecule has 88 valence electrons. The van der Waals surface area contributed by atoms with Crippen molar-refractivity contribution in [2.24, 2.45) is 0 Å². The highest BCUT2D eigenvalue weighted by Crippen LogP contribution is 2.27. The second-order valence-corrected chi connectivity index (χ2v) is 3.70. The Hall–Kier alpha value is -1.81. The number of hydrogen-bond donors (Lipinski definition) is 1. The molecule has 0 bridgehead atoms. The molecule has 0 saturated carbocycles. The fraction of sp³-hybridized carbons (Fsp3) is 0.167. The molecule has 0 saturated heterocycles. The van der Waals surface area contributed by atoms with Gasteiger partial charge in [0.2, 0.25) is 11.8 Å². The summed E-state index contributed by atoms with van der Waals surface area (Å²) in [6, 6.07) is 9.36. The SMILES string of the molecule is CCNc1ncc(Cl)c(Oc2ccccc2)n1. The Balaban J connectivity index is 2.22. The molecule has 1 N–H and O–H groups in total. The fourth-order valence-electron chi connectivity index (χ4n) is 1.27. The maximum absolute atomic E-state index is 5.97. The molecule has 0 atom stereocenters. The van der Waals surface area contributed by atoms with E-state index in [1.54, 1.807) is 0 Å². The molecule has 0 radical (unpaired) electrons. The van der Waals surface area contributed by atoms with E-state index in [0.29, 0.717) is 22.6 Å². The highest BCUT2D eigenvalue weighted by molar-refractivity contribution is 6.31. The van der Waals surface area contributed by atoms with Crippen molar-refractivity contribution in [1.29, 1.82) is 0 Å². The molecule has 2 aromatic rings. The zero-order valence-electron chi connectivity index (χ0n) is 9.35. The van der Waals surface area contributed by atoms with E-state index in [0.717, 1.165) is 6.54 Å². The average Bonchev–Trinajstić information content (AvgIpc) is 2.35. The molecule has 1 heterocycles. The van der Waals surface area contributed by atoms with E-state index in [-0.39, 0.29) is 0 Å². The zero-order valence-corrected chi connectivity index (χ0v) is 10.1. The molecular formula is C12H12ClN3O. The number of benzene rings is 1. The summed E-state index contributed by atoms with van der Waals surface area (Å²) >= 11 is 5.97. The molecule has 4 nitrogen and oxygen atoms in total. The lowest BCUT2D eigenvalue weighted by atomic mass is 10.3. The number of rotatable bonds is 4. The van der Waals surface area contributed by atoms with Gasteiger partial charge in [0.25, 0.3) is 0 Å². The summed E-state index contributed by atoms with van der Waals surface area (Å²) in [4.78, 5) is 8.22. The summed E-state index contributed by atoms with van der Waals surface area (Å²) in [5.74, 6) is 1.54. The first-order valence-electron chi connectivity index (χ1n) is 5.29. The molecule has 0 fully saturated rings. The molecule has 0 unspecified atom stereocenters. The smallest absolute Gasteiger partial charge is 0.243 e. The largest absolute Gasteiger partial charge is 0.437 e. The first kappa shape index (κ1) is 11.7. The Kier molecular flexibility index (Phi) is 3.77. The zero-order chi connectivity index (χ0) is 12.1. The highest BCUT2D eigenvalue weighted by atomic mass is 35.5. The van der Waals surface area contributed by atoms with Crippen molar-refractivity contribution in [3.63, 3.8) is 0 Å². The van der Waals surface area contributed by atoms with Crippen LogP contribution in [0.3, 0.4) is 0 Å². The van der Waals surface area contributed by atoms with Crippen molar-refractivity contribution >= 4 is 17.5 Å². The van der Waals surface area contributed by atoms with Crippen molar-refractivity contribution in [3.8, 4) is 11.6 Å². The van der Waals surface area contributed by atoms with Crippen molar-refractivity contribution < 1.29 is 4.74 Å². The minimum atomic E-state index is 0.351. The van der Waals surface area contributed by atoms with Crippen molar-refractivity contribution in [3.05, 3.63) is 41.6 Å². The van der Waals surface area contributed by atoms with Crippen LogP contribution in [0.5, 0.6) is 11.6 Å². The maximum Gasteiger partial charge on any atom is 0.243 e. The number of aromatic nitrogens is 2. The van der Waals surface area contributed by atoms with Gasteiger partial charge in [-0.1, -0.05) is 29.8 Å². The highest BCUT2D eigenvalue weighted by Gasteiger charge is 2.07. The van der Waals surface area contributed by atoms with E-state index < -0.39 is 0 Å². The van der Waals surface area contributed by atoms with Gasteiger partial charge in [0, 0.05) is 6.54 Å². The lowest BCUT2D eigenvalue weighted by Gasteiger charge is -2.07. The van der Waals surface area contributed by atoms with Gasteiger partial charge in [0.1, 0.15) is 10.8 Å². The maximum atomic E-state index is 5.97. The topological polar surface area (TPSA) is 47.0 Å². The third-order valence-electron chi connectivity index (χ3n) is 2.00. The molecule has 2 rings (SSSR count). The molecule has 0 aliphatic carbocycles. The fourth-order valence-corrected chi connectivity index (χ4v) is 1.40. The number of anilines is 1. The van der Waals surface area contributed by atoms with E-state index in [2.05, 4.69) is 15.3 Å². The number of nitrogens with one attached hydrogen (secondary N) is 1. The lowest BCUT2D eigenvalue weighted by molar-refractivity contribution is 0.462. The molecule has 0 aliphatic heterocycles. The minimum Gasteiger partial charge on any atom is -0.437 e. The Morgan fingerprint density at radius 2 is 2.06 bits per heavy atom. The number of nitrogens with zero attached hydrogens (tertiary/aromatic N) is 2. The molecule has 1 aromatic heterocycles. The summed E-state index contributed by atoms with van der Waals surface area (Å²) in [5.41, 5.74) is 0. The van der Waals surface area contributed by atoms with Crippen LogP contribution in [0, 0.1) is 0 Å². The van der Waals surface area contributed by atoms with Gasteiger partial charge in [0.15, 0.2) is 0 Å². The van der Waals surface area contributed by atoms with Crippen molar-refractivity contribution in [2.75, 3.05) is 11.9 Å². The van der Waals surface area contributed by atoms with E-state index in [9.17, 15) is 0 Å². The average molecular weight is 250 g/mol. The van der Waals surface area contributed by atoms with E-state index >= 15 is 0 Å². The van der Waals surface area contributed by atoms with Gasteiger partial charge in [0.05, 0.1) is 6.20 Å². The third kappa shape index (κ3) is 3.07. The first-order valence-corrected chi connectivity index (χ1v) is 5.66. The lowest BCUT2D eigenvalue weighted by Crippen LogP contribution is -2.02. The van der Waals surface area contributed by atoms with Gasteiger partial charge >= 0.3 is 0 Å².